The number of anilines is 3. The van der Waals surface area contributed by atoms with Crippen molar-refractivity contribution >= 4 is 44.7 Å². The molecule has 0 aromatic heterocycles. The molecule has 178 valence electrons. The predicted molar refractivity (Wildman–Crippen MR) is 131 cm³/mol. The standard InChI is InChI=1S/C23H29ClN4O4S/c24-19-8-4-5-9-20(19)27-33(30,31)18-10-11-22(28-12-14-32-15-13-28)21(16-18)26-23(29)25-17-6-2-1-3-7-17/h4-5,8-11,16-17,27H,1-3,6-7,12-15H2,(H2,25,26,29). The smallest absolute Gasteiger partial charge is 0.319 e. The number of nitrogens with one attached hydrogen (secondary N) is 3. The molecule has 0 atom stereocenters. The lowest BCUT2D eigenvalue weighted by Crippen LogP contribution is -2.40. The largest absolute Gasteiger partial charge is 0.378 e. The lowest BCUT2D eigenvalue weighted by Gasteiger charge is -2.31. The number of carbonyl (C=O) groups is 1. The van der Waals surface area contributed by atoms with Crippen molar-refractivity contribution in [3.8, 4) is 0 Å². The molecule has 10 heteroatoms. The molecule has 0 unspecified atom stereocenters. The summed E-state index contributed by atoms with van der Waals surface area (Å²) in [7, 11) is -3.92. The van der Waals surface area contributed by atoms with Crippen LogP contribution in [0, 0.1) is 0 Å². The van der Waals surface area contributed by atoms with E-state index in [4.69, 9.17) is 16.3 Å². The highest BCUT2D eigenvalue weighted by atomic mass is 35.5. The van der Waals surface area contributed by atoms with Gasteiger partial charge in [0, 0.05) is 19.1 Å². The van der Waals surface area contributed by atoms with E-state index in [1.54, 1.807) is 30.3 Å². The molecule has 8 nitrogen and oxygen atoms in total. The van der Waals surface area contributed by atoms with Crippen LogP contribution < -0.4 is 20.3 Å². The Kier molecular flexibility index (Phi) is 7.62. The quantitative estimate of drug-likeness (QED) is 0.554. The van der Waals surface area contributed by atoms with Crippen molar-refractivity contribution in [3.05, 3.63) is 47.5 Å². The lowest BCUT2D eigenvalue weighted by molar-refractivity contribution is 0.123. The topological polar surface area (TPSA) is 99.8 Å². The fraction of sp³-hybridized carbons (Fsp3) is 0.435. The number of hydrogen-bond acceptors (Lipinski definition) is 5. The minimum Gasteiger partial charge on any atom is -0.378 e. The molecule has 33 heavy (non-hydrogen) atoms. The molecule has 1 saturated heterocycles. The van der Waals surface area contributed by atoms with Crippen LogP contribution in [0.3, 0.4) is 0 Å². The maximum atomic E-state index is 13.1. The Morgan fingerprint density at radius 3 is 2.45 bits per heavy atom. The van der Waals surface area contributed by atoms with Crippen LogP contribution in [-0.4, -0.2) is 46.8 Å². The molecule has 1 aliphatic heterocycles. The van der Waals surface area contributed by atoms with E-state index in [0.717, 1.165) is 31.4 Å². The van der Waals surface area contributed by atoms with Gasteiger partial charge in [-0.2, -0.15) is 0 Å². The van der Waals surface area contributed by atoms with Crippen LogP contribution in [0.5, 0.6) is 0 Å². The van der Waals surface area contributed by atoms with Crippen molar-refractivity contribution in [3.63, 3.8) is 0 Å². The van der Waals surface area contributed by atoms with Gasteiger partial charge in [-0.1, -0.05) is 43.0 Å². The number of amides is 2. The van der Waals surface area contributed by atoms with Crippen molar-refractivity contribution in [2.45, 2.75) is 43.0 Å². The Hall–Kier alpha value is -2.49. The Morgan fingerprint density at radius 2 is 1.73 bits per heavy atom. The number of benzene rings is 2. The van der Waals surface area contributed by atoms with Crippen LogP contribution in [0.4, 0.5) is 21.9 Å². The molecule has 2 fully saturated rings. The van der Waals surface area contributed by atoms with E-state index in [1.807, 2.05) is 0 Å². The number of para-hydroxylation sites is 1. The zero-order valence-corrected chi connectivity index (χ0v) is 19.9. The maximum absolute atomic E-state index is 13.1. The van der Waals surface area contributed by atoms with E-state index in [2.05, 4.69) is 20.3 Å². The van der Waals surface area contributed by atoms with Crippen molar-refractivity contribution in [2.24, 2.45) is 0 Å². The maximum Gasteiger partial charge on any atom is 0.319 e. The molecule has 0 radical (unpaired) electrons. The third kappa shape index (κ3) is 6.10. The summed E-state index contributed by atoms with van der Waals surface area (Å²) in [6.07, 6.45) is 5.32. The fourth-order valence-electron chi connectivity index (χ4n) is 4.20. The molecule has 3 N–H and O–H groups in total. The highest BCUT2D eigenvalue weighted by Crippen LogP contribution is 2.31. The second-order valence-corrected chi connectivity index (χ2v) is 10.4. The number of hydrogen-bond donors (Lipinski definition) is 3. The average molecular weight is 493 g/mol. The second-order valence-electron chi connectivity index (χ2n) is 8.30. The van der Waals surface area contributed by atoms with Gasteiger partial charge < -0.3 is 20.3 Å². The lowest BCUT2D eigenvalue weighted by atomic mass is 9.96. The summed E-state index contributed by atoms with van der Waals surface area (Å²) >= 11 is 6.13. The number of carbonyl (C=O) groups excluding carboxylic acids is 1. The summed E-state index contributed by atoms with van der Waals surface area (Å²) in [5.74, 6) is 0. The number of halogens is 1. The fourth-order valence-corrected chi connectivity index (χ4v) is 5.55. The number of rotatable bonds is 6. The van der Waals surface area contributed by atoms with Crippen molar-refractivity contribution in [1.29, 1.82) is 0 Å². The number of ether oxygens (including phenoxy) is 1. The van der Waals surface area contributed by atoms with Crippen LogP contribution in [0.25, 0.3) is 0 Å². The molecule has 2 aromatic carbocycles. The highest BCUT2D eigenvalue weighted by Gasteiger charge is 2.23. The molecule has 1 aliphatic carbocycles. The molecule has 4 rings (SSSR count). The Balaban J connectivity index is 1.59. The van der Waals surface area contributed by atoms with E-state index in [-0.39, 0.29) is 17.0 Å². The number of morpholine rings is 1. The summed E-state index contributed by atoms with van der Waals surface area (Å²) in [6, 6.07) is 11.2. The average Bonchev–Trinajstić information content (AvgIpc) is 2.81. The van der Waals surface area contributed by atoms with E-state index in [9.17, 15) is 13.2 Å². The number of sulfonamides is 1. The van der Waals surface area contributed by atoms with Crippen molar-refractivity contribution < 1.29 is 17.9 Å². The molecule has 2 amide bonds. The van der Waals surface area contributed by atoms with Gasteiger partial charge in [0.25, 0.3) is 10.0 Å². The first kappa shape index (κ1) is 23.7. The zero-order valence-electron chi connectivity index (χ0n) is 18.3. The third-order valence-corrected chi connectivity index (χ3v) is 7.63. The normalized spacial score (nSPS) is 17.4. The zero-order chi connectivity index (χ0) is 23.3. The minimum absolute atomic E-state index is 0.0346. The van der Waals surface area contributed by atoms with Crippen LogP contribution in [0.15, 0.2) is 47.4 Å². The molecule has 2 aromatic rings. The summed E-state index contributed by atoms with van der Waals surface area (Å²) in [5, 5.41) is 6.22. The Morgan fingerprint density at radius 1 is 1.00 bits per heavy atom. The number of urea groups is 1. The van der Waals surface area contributed by atoms with E-state index < -0.39 is 10.0 Å². The van der Waals surface area contributed by atoms with Gasteiger partial charge in [-0.15, -0.1) is 0 Å². The summed E-state index contributed by atoms with van der Waals surface area (Å²) in [4.78, 5) is 14.9. The second kappa shape index (κ2) is 10.6. The molecular formula is C23H29ClN4O4S. The van der Waals surface area contributed by atoms with Crippen LogP contribution >= 0.6 is 11.6 Å². The van der Waals surface area contributed by atoms with Gasteiger partial charge >= 0.3 is 6.03 Å². The molecule has 1 saturated carbocycles. The Bertz CT molecular complexity index is 1080. The molecular weight excluding hydrogens is 464 g/mol. The Labute approximate surface area is 199 Å². The van der Waals surface area contributed by atoms with Gasteiger partial charge in [0.05, 0.1) is 40.2 Å². The van der Waals surface area contributed by atoms with E-state index in [1.165, 1.54) is 18.6 Å². The van der Waals surface area contributed by atoms with Gasteiger partial charge in [0.15, 0.2) is 0 Å². The van der Waals surface area contributed by atoms with Gasteiger partial charge in [-0.25, -0.2) is 13.2 Å². The first-order valence-corrected chi connectivity index (χ1v) is 13.1. The summed E-state index contributed by atoms with van der Waals surface area (Å²) in [5.41, 5.74) is 1.49. The SMILES string of the molecule is O=C(Nc1cc(S(=O)(=O)Nc2ccccc2Cl)ccc1N1CCOCC1)NC1CCCCC1. The monoisotopic (exact) mass is 492 g/mol. The first-order chi connectivity index (χ1) is 15.9. The molecule has 0 spiro atoms. The first-order valence-electron chi connectivity index (χ1n) is 11.2. The summed E-state index contributed by atoms with van der Waals surface area (Å²) < 4.78 is 34.1. The van der Waals surface area contributed by atoms with Crippen molar-refractivity contribution in [1.82, 2.24) is 5.32 Å². The van der Waals surface area contributed by atoms with Gasteiger partial charge in [0.1, 0.15) is 0 Å². The number of nitrogens with zero attached hydrogens (tertiary/aromatic N) is 1. The molecule has 0 bridgehead atoms. The van der Waals surface area contributed by atoms with E-state index >= 15 is 0 Å². The van der Waals surface area contributed by atoms with Crippen molar-refractivity contribution in [2.75, 3.05) is 41.2 Å². The van der Waals surface area contributed by atoms with Crippen LogP contribution in [0.2, 0.25) is 5.02 Å². The molecule has 1 heterocycles. The van der Waals surface area contributed by atoms with E-state index in [0.29, 0.717) is 42.7 Å². The van der Waals surface area contributed by atoms with Gasteiger partial charge in [0.2, 0.25) is 0 Å². The van der Waals surface area contributed by atoms with Gasteiger partial charge in [-0.05, 0) is 43.2 Å². The highest BCUT2D eigenvalue weighted by molar-refractivity contribution is 7.92. The van der Waals surface area contributed by atoms with Crippen LogP contribution in [-0.2, 0) is 14.8 Å². The minimum atomic E-state index is -3.92. The van der Waals surface area contributed by atoms with Crippen LogP contribution in [0.1, 0.15) is 32.1 Å². The molecule has 2 aliphatic rings. The van der Waals surface area contributed by atoms with Gasteiger partial charge in [-0.3, -0.25) is 4.72 Å². The summed E-state index contributed by atoms with van der Waals surface area (Å²) in [6.45, 7) is 2.45. The predicted octanol–water partition coefficient (Wildman–Crippen LogP) is 4.43. The third-order valence-electron chi connectivity index (χ3n) is 5.94.